The normalized spacial score (nSPS) is 12.7. The quantitative estimate of drug-likeness (QED) is 0.715. The number of nitrogens with two attached hydrogens (primary N) is 1. The second kappa shape index (κ2) is 3.00. The van der Waals surface area contributed by atoms with E-state index in [1.807, 2.05) is 18.2 Å². The van der Waals surface area contributed by atoms with Crippen LogP contribution in [0.15, 0.2) is 18.2 Å². The molecule has 2 heterocycles. The van der Waals surface area contributed by atoms with E-state index in [1.165, 1.54) is 0 Å². The summed E-state index contributed by atoms with van der Waals surface area (Å²) < 4.78 is 10.7. The molecule has 5 nitrogen and oxygen atoms in total. The maximum Gasteiger partial charge on any atom is 0.231 e. The number of nitrogen functional groups attached to an aromatic ring is 1. The van der Waals surface area contributed by atoms with E-state index in [9.17, 15) is 0 Å². The maximum atomic E-state index is 9.01. The summed E-state index contributed by atoms with van der Waals surface area (Å²) in [7, 11) is 0. The minimum absolute atomic E-state index is 0.0875. The minimum Gasteiger partial charge on any atom is -0.457 e. The summed E-state index contributed by atoms with van der Waals surface area (Å²) in [4.78, 5) is 4.15. The van der Waals surface area contributed by atoms with E-state index in [1.54, 1.807) is 6.07 Å². The topological polar surface area (TPSA) is 81.2 Å². The Morgan fingerprint density at radius 3 is 3.06 bits per heavy atom. The third-order valence-corrected chi connectivity index (χ3v) is 2.48. The van der Waals surface area contributed by atoms with Gasteiger partial charge in [-0.05, 0) is 12.1 Å². The molecule has 1 aromatic heterocycles. The average Bonchev–Trinajstić information content (AvgIpc) is 2.30. The van der Waals surface area contributed by atoms with Gasteiger partial charge in [-0.1, -0.05) is 6.07 Å². The highest BCUT2D eigenvalue weighted by atomic mass is 16.7. The lowest BCUT2D eigenvalue weighted by Crippen LogP contribution is -2.13. The Labute approximate surface area is 91.0 Å². The predicted molar refractivity (Wildman–Crippen MR) is 57.0 cm³/mol. The molecule has 1 aliphatic rings. The average molecular weight is 213 g/mol. The summed E-state index contributed by atoms with van der Waals surface area (Å²) in [5.41, 5.74) is 6.63. The molecule has 5 heteroatoms. The number of hydrogen-bond acceptors (Lipinski definition) is 5. The van der Waals surface area contributed by atoms with E-state index in [-0.39, 0.29) is 18.2 Å². The Kier molecular flexibility index (Phi) is 1.65. The number of nitrogens with zero attached hydrogens (tertiary/aromatic N) is 2. The Bertz CT molecular complexity index is 631. The first-order valence-corrected chi connectivity index (χ1v) is 4.69. The monoisotopic (exact) mass is 213 g/mol. The molecular weight excluding hydrogens is 206 g/mol. The van der Waals surface area contributed by atoms with Gasteiger partial charge in [-0.25, -0.2) is 4.98 Å². The summed E-state index contributed by atoms with van der Waals surface area (Å²) in [6, 6.07) is 7.44. The first-order chi connectivity index (χ1) is 7.81. The van der Waals surface area contributed by atoms with Crippen LogP contribution in [0.3, 0.4) is 0 Å². The molecule has 2 aromatic rings. The molecule has 16 heavy (non-hydrogen) atoms. The van der Waals surface area contributed by atoms with Gasteiger partial charge < -0.3 is 15.2 Å². The fourth-order valence-electron chi connectivity index (χ4n) is 1.79. The Morgan fingerprint density at radius 2 is 2.25 bits per heavy atom. The summed E-state index contributed by atoms with van der Waals surface area (Å²) >= 11 is 0. The van der Waals surface area contributed by atoms with E-state index in [0.717, 1.165) is 0 Å². The number of pyridine rings is 1. The van der Waals surface area contributed by atoms with Gasteiger partial charge in [0.2, 0.25) is 6.79 Å². The highest BCUT2D eigenvalue weighted by Gasteiger charge is 2.21. The number of nitriles is 1. The van der Waals surface area contributed by atoms with Crippen LogP contribution in [0, 0.1) is 11.3 Å². The van der Waals surface area contributed by atoms with Crippen molar-refractivity contribution in [1.82, 2.24) is 4.98 Å². The molecule has 0 atom stereocenters. The molecule has 0 unspecified atom stereocenters. The molecule has 78 valence electrons. The van der Waals surface area contributed by atoms with Crippen LogP contribution in [-0.4, -0.2) is 11.8 Å². The van der Waals surface area contributed by atoms with E-state index < -0.39 is 0 Å². The number of ether oxygens (including phenoxy) is 2. The summed E-state index contributed by atoms with van der Waals surface area (Å²) in [6.45, 7) is 0.0875. The van der Waals surface area contributed by atoms with Crippen molar-refractivity contribution in [3.05, 3.63) is 23.8 Å². The van der Waals surface area contributed by atoms with Crippen LogP contribution >= 0.6 is 0 Å². The highest BCUT2D eigenvalue weighted by molar-refractivity contribution is 5.95. The fraction of sp³-hybridized carbons (Fsp3) is 0.0909. The summed E-state index contributed by atoms with van der Waals surface area (Å²) in [6.07, 6.45) is 0. The maximum absolute atomic E-state index is 9.01. The number of hydrogen-bond donors (Lipinski definition) is 1. The Morgan fingerprint density at radius 1 is 1.38 bits per heavy atom. The predicted octanol–water partition coefficient (Wildman–Crippen LogP) is 1.42. The molecule has 0 saturated heterocycles. The smallest absolute Gasteiger partial charge is 0.231 e. The number of rotatable bonds is 0. The molecule has 0 saturated carbocycles. The SMILES string of the molecule is N#Cc1c(N)nc2cccc3c2c1OCO3. The van der Waals surface area contributed by atoms with Crippen LogP contribution in [0.1, 0.15) is 5.56 Å². The van der Waals surface area contributed by atoms with Crippen molar-refractivity contribution in [3.8, 4) is 17.6 Å². The van der Waals surface area contributed by atoms with Crippen LogP contribution in [0.2, 0.25) is 0 Å². The van der Waals surface area contributed by atoms with Crippen molar-refractivity contribution in [2.24, 2.45) is 0 Å². The Hall–Kier alpha value is -2.48. The van der Waals surface area contributed by atoms with Gasteiger partial charge in [0.1, 0.15) is 23.2 Å². The molecule has 0 bridgehead atoms. The van der Waals surface area contributed by atoms with Crippen molar-refractivity contribution < 1.29 is 9.47 Å². The van der Waals surface area contributed by atoms with E-state index in [2.05, 4.69) is 4.98 Å². The zero-order valence-electron chi connectivity index (χ0n) is 8.23. The van der Waals surface area contributed by atoms with Gasteiger partial charge in [-0.15, -0.1) is 0 Å². The molecule has 0 radical (unpaired) electrons. The lowest BCUT2D eigenvalue weighted by Gasteiger charge is -2.19. The molecule has 0 amide bonds. The van der Waals surface area contributed by atoms with Crippen LogP contribution in [0.4, 0.5) is 5.82 Å². The van der Waals surface area contributed by atoms with Gasteiger partial charge in [0.05, 0.1) is 10.9 Å². The van der Waals surface area contributed by atoms with Crippen LogP contribution in [0.5, 0.6) is 11.5 Å². The van der Waals surface area contributed by atoms with Crippen LogP contribution in [0.25, 0.3) is 10.9 Å². The Balaban J connectivity index is 2.52. The molecule has 2 N–H and O–H groups in total. The lowest BCUT2D eigenvalue weighted by molar-refractivity contribution is 0.112. The van der Waals surface area contributed by atoms with Crippen LogP contribution in [-0.2, 0) is 0 Å². The summed E-state index contributed by atoms with van der Waals surface area (Å²) in [5, 5.41) is 9.72. The van der Waals surface area contributed by atoms with E-state index >= 15 is 0 Å². The zero-order valence-corrected chi connectivity index (χ0v) is 8.23. The van der Waals surface area contributed by atoms with E-state index in [0.29, 0.717) is 22.4 Å². The molecule has 0 fully saturated rings. The molecule has 1 aromatic carbocycles. The number of anilines is 1. The summed E-state index contributed by atoms with van der Waals surface area (Å²) in [5.74, 6) is 1.32. The van der Waals surface area contributed by atoms with Crippen molar-refractivity contribution in [2.45, 2.75) is 0 Å². The van der Waals surface area contributed by atoms with Crippen molar-refractivity contribution in [3.63, 3.8) is 0 Å². The largest absolute Gasteiger partial charge is 0.457 e. The van der Waals surface area contributed by atoms with Gasteiger partial charge >= 0.3 is 0 Å². The zero-order chi connectivity index (χ0) is 11.1. The minimum atomic E-state index is 0.0875. The number of aromatic nitrogens is 1. The van der Waals surface area contributed by atoms with Crippen molar-refractivity contribution in [2.75, 3.05) is 12.5 Å². The van der Waals surface area contributed by atoms with Gasteiger partial charge in [-0.2, -0.15) is 5.26 Å². The molecule has 0 spiro atoms. The third kappa shape index (κ3) is 1.01. The molecule has 3 rings (SSSR count). The van der Waals surface area contributed by atoms with Gasteiger partial charge in [-0.3, -0.25) is 0 Å². The van der Waals surface area contributed by atoms with E-state index in [4.69, 9.17) is 20.5 Å². The molecular formula is C11H7N3O2. The number of benzene rings is 1. The van der Waals surface area contributed by atoms with Gasteiger partial charge in [0, 0.05) is 0 Å². The fourth-order valence-corrected chi connectivity index (χ4v) is 1.79. The van der Waals surface area contributed by atoms with Gasteiger partial charge in [0.25, 0.3) is 0 Å². The van der Waals surface area contributed by atoms with Crippen molar-refractivity contribution >= 4 is 16.7 Å². The standard InChI is InChI=1S/C11H7N3O2/c12-4-6-10-9-7(14-11(6)13)2-1-3-8(9)15-5-16-10/h1-3H,5H2,(H2,13,14). The molecule has 1 aliphatic heterocycles. The highest BCUT2D eigenvalue weighted by Crippen LogP contribution is 2.39. The second-order valence-electron chi connectivity index (χ2n) is 3.37. The molecule has 0 aliphatic carbocycles. The third-order valence-electron chi connectivity index (χ3n) is 2.48. The van der Waals surface area contributed by atoms with Crippen molar-refractivity contribution in [1.29, 1.82) is 5.26 Å². The van der Waals surface area contributed by atoms with Gasteiger partial charge in [0.15, 0.2) is 5.75 Å². The first kappa shape index (κ1) is 8.80. The first-order valence-electron chi connectivity index (χ1n) is 4.69. The second-order valence-corrected chi connectivity index (χ2v) is 3.37. The lowest BCUT2D eigenvalue weighted by atomic mass is 10.1. The van der Waals surface area contributed by atoms with Crippen LogP contribution < -0.4 is 15.2 Å².